The van der Waals surface area contributed by atoms with Crippen molar-refractivity contribution in [3.8, 4) is 0 Å². The molecule has 9 heavy (non-hydrogen) atoms. The summed E-state index contributed by atoms with van der Waals surface area (Å²) in [5.74, 6) is -2.13. The van der Waals surface area contributed by atoms with E-state index in [0.29, 0.717) is 0 Å². The highest BCUT2D eigenvalue weighted by molar-refractivity contribution is 4.44. The van der Waals surface area contributed by atoms with Crippen molar-refractivity contribution in [3.05, 3.63) is 0 Å². The fourth-order valence-electron chi connectivity index (χ4n) is 0.278. The topological polar surface area (TPSA) is 69.9 Å². The third kappa shape index (κ3) is 7.84. The Hall–Kier alpha value is -0.160. The molecule has 0 radical (unpaired) electrons. The molecule has 0 aromatic carbocycles. The van der Waals surface area contributed by atoms with Crippen LogP contribution < -0.4 is 0 Å². The third-order valence-corrected chi connectivity index (χ3v) is 0.598. The van der Waals surface area contributed by atoms with Crippen LogP contribution in [-0.4, -0.2) is 34.0 Å². The highest BCUT2D eigenvalue weighted by atomic mass is 16.8. The summed E-state index contributed by atoms with van der Waals surface area (Å²) in [4.78, 5) is 0. The quantitative estimate of drug-likeness (QED) is 0.437. The molecule has 0 aliphatic carbocycles. The third-order valence-electron chi connectivity index (χ3n) is 0.598. The Labute approximate surface area is 53.7 Å². The van der Waals surface area contributed by atoms with E-state index >= 15 is 0 Å². The maximum Gasteiger partial charge on any atom is 0.274 e. The minimum Gasteiger partial charge on any atom is -0.391 e. The normalized spacial score (nSPS) is 15.7. The van der Waals surface area contributed by atoms with Gasteiger partial charge in [0.05, 0.1) is 12.7 Å². The Kier molecular flexibility index (Phi) is 3.07. The molecule has 0 saturated carbocycles. The monoisotopic (exact) mass is 136 g/mol. The van der Waals surface area contributed by atoms with Gasteiger partial charge in [0.2, 0.25) is 0 Å². The Balaban J connectivity index is 3.28. The van der Waals surface area contributed by atoms with Gasteiger partial charge in [-0.3, -0.25) is 0 Å². The first-order chi connectivity index (χ1) is 3.92. The van der Waals surface area contributed by atoms with Crippen LogP contribution >= 0.6 is 0 Å². The summed E-state index contributed by atoms with van der Waals surface area (Å²) in [6, 6.07) is 0. The van der Waals surface area contributed by atoms with Gasteiger partial charge in [0, 0.05) is 6.92 Å². The molecule has 0 aliphatic rings. The number of ether oxygens (including phenoxy) is 1. The Bertz CT molecular complexity index is 73.5. The van der Waals surface area contributed by atoms with Gasteiger partial charge in [-0.1, -0.05) is 0 Å². The van der Waals surface area contributed by atoms with Gasteiger partial charge < -0.3 is 20.1 Å². The van der Waals surface area contributed by atoms with E-state index in [2.05, 4.69) is 4.74 Å². The van der Waals surface area contributed by atoms with Gasteiger partial charge in [0.1, 0.15) is 0 Å². The van der Waals surface area contributed by atoms with Crippen molar-refractivity contribution in [3.63, 3.8) is 0 Å². The molecule has 0 spiro atoms. The Morgan fingerprint density at radius 1 is 1.56 bits per heavy atom. The fourth-order valence-corrected chi connectivity index (χ4v) is 0.278. The average molecular weight is 136 g/mol. The van der Waals surface area contributed by atoms with Crippen LogP contribution in [0.5, 0.6) is 0 Å². The van der Waals surface area contributed by atoms with Crippen LogP contribution in [0.4, 0.5) is 0 Å². The van der Waals surface area contributed by atoms with E-state index in [1.807, 2.05) is 0 Å². The molecule has 4 heteroatoms. The van der Waals surface area contributed by atoms with Crippen molar-refractivity contribution in [1.29, 1.82) is 0 Å². The zero-order chi connectivity index (χ0) is 7.49. The molecule has 0 fully saturated rings. The summed E-state index contributed by atoms with van der Waals surface area (Å²) >= 11 is 0. The molecule has 56 valence electrons. The molecule has 0 aromatic heterocycles. The van der Waals surface area contributed by atoms with Crippen molar-refractivity contribution in [2.45, 2.75) is 25.9 Å². The van der Waals surface area contributed by atoms with Crippen LogP contribution in [0.25, 0.3) is 0 Å². The van der Waals surface area contributed by atoms with Gasteiger partial charge in [-0.25, -0.2) is 0 Å². The fraction of sp³-hybridized carbons (Fsp3) is 1.00. The first-order valence-electron chi connectivity index (χ1n) is 2.68. The molecule has 0 bridgehead atoms. The Morgan fingerprint density at radius 2 is 2.00 bits per heavy atom. The van der Waals surface area contributed by atoms with Crippen LogP contribution in [0.2, 0.25) is 0 Å². The smallest absolute Gasteiger partial charge is 0.274 e. The summed E-state index contributed by atoms with van der Waals surface area (Å²) in [7, 11) is 0. The van der Waals surface area contributed by atoms with Gasteiger partial charge in [0.25, 0.3) is 5.97 Å². The molecule has 4 nitrogen and oxygen atoms in total. The molecule has 0 rings (SSSR count). The molecule has 0 heterocycles. The number of rotatable bonds is 3. The van der Waals surface area contributed by atoms with E-state index < -0.39 is 12.1 Å². The molecule has 0 saturated heterocycles. The van der Waals surface area contributed by atoms with Crippen molar-refractivity contribution in [2.24, 2.45) is 0 Å². The minimum atomic E-state index is -2.13. The van der Waals surface area contributed by atoms with Gasteiger partial charge in [-0.2, -0.15) is 0 Å². The lowest BCUT2D eigenvalue weighted by Crippen LogP contribution is -2.30. The second-order valence-corrected chi connectivity index (χ2v) is 2.09. The molecule has 1 atom stereocenters. The highest BCUT2D eigenvalue weighted by Gasteiger charge is 2.15. The van der Waals surface area contributed by atoms with Crippen LogP contribution in [-0.2, 0) is 4.74 Å². The van der Waals surface area contributed by atoms with E-state index in [9.17, 15) is 0 Å². The standard InChI is InChI=1S/C5H12O4/c1-4(6)3-9-5(2,7)8/h4,6-8H,3H2,1-2H3. The molecule has 0 aromatic rings. The summed E-state index contributed by atoms with van der Waals surface area (Å²) in [5, 5.41) is 25.5. The molecule has 1 unspecified atom stereocenters. The van der Waals surface area contributed by atoms with Crippen molar-refractivity contribution >= 4 is 0 Å². The van der Waals surface area contributed by atoms with E-state index in [0.717, 1.165) is 6.92 Å². The number of hydrogen-bond donors (Lipinski definition) is 3. The van der Waals surface area contributed by atoms with Gasteiger partial charge in [0.15, 0.2) is 0 Å². The number of aliphatic hydroxyl groups is 3. The first-order valence-corrected chi connectivity index (χ1v) is 2.68. The highest BCUT2D eigenvalue weighted by Crippen LogP contribution is 1.99. The SMILES string of the molecule is CC(O)COC(C)(O)O. The lowest BCUT2D eigenvalue weighted by Gasteiger charge is -2.16. The second-order valence-electron chi connectivity index (χ2n) is 2.09. The lowest BCUT2D eigenvalue weighted by atomic mass is 10.4. The average Bonchev–Trinajstić information content (AvgIpc) is 1.59. The zero-order valence-corrected chi connectivity index (χ0v) is 5.53. The van der Waals surface area contributed by atoms with E-state index in [1.54, 1.807) is 0 Å². The second kappa shape index (κ2) is 3.12. The van der Waals surface area contributed by atoms with Crippen LogP contribution in [0.3, 0.4) is 0 Å². The molecule has 0 amide bonds. The van der Waals surface area contributed by atoms with Gasteiger partial charge in [-0.05, 0) is 6.92 Å². The number of hydrogen-bond acceptors (Lipinski definition) is 4. The maximum atomic E-state index is 8.57. The van der Waals surface area contributed by atoms with E-state index in [-0.39, 0.29) is 6.61 Å². The van der Waals surface area contributed by atoms with Crippen molar-refractivity contribution in [1.82, 2.24) is 0 Å². The van der Waals surface area contributed by atoms with Gasteiger partial charge in [-0.15, -0.1) is 0 Å². The van der Waals surface area contributed by atoms with Crippen LogP contribution in [0, 0.1) is 0 Å². The lowest BCUT2D eigenvalue weighted by molar-refractivity contribution is -0.330. The maximum absolute atomic E-state index is 8.57. The van der Waals surface area contributed by atoms with Crippen molar-refractivity contribution < 1.29 is 20.1 Å². The van der Waals surface area contributed by atoms with Crippen LogP contribution in [0.1, 0.15) is 13.8 Å². The largest absolute Gasteiger partial charge is 0.391 e. The molecule has 0 aliphatic heterocycles. The molecular weight excluding hydrogens is 124 g/mol. The summed E-state index contributed by atoms with van der Waals surface area (Å²) in [6.45, 7) is 2.49. The van der Waals surface area contributed by atoms with Gasteiger partial charge >= 0.3 is 0 Å². The van der Waals surface area contributed by atoms with E-state index in [4.69, 9.17) is 15.3 Å². The zero-order valence-electron chi connectivity index (χ0n) is 5.53. The Morgan fingerprint density at radius 3 is 2.11 bits per heavy atom. The minimum absolute atomic E-state index is 0.0799. The van der Waals surface area contributed by atoms with E-state index in [1.165, 1.54) is 6.92 Å². The molecule has 3 N–H and O–H groups in total. The first kappa shape index (κ1) is 8.84. The predicted molar refractivity (Wildman–Crippen MR) is 30.5 cm³/mol. The van der Waals surface area contributed by atoms with Crippen molar-refractivity contribution in [2.75, 3.05) is 6.61 Å². The summed E-state index contributed by atoms with van der Waals surface area (Å²) < 4.78 is 4.35. The predicted octanol–water partition coefficient (Wildman–Crippen LogP) is -0.958. The van der Waals surface area contributed by atoms with Crippen LogP contribution in [0.15, 0.2) is 0 Å². The molecular formula is C5H12O4. The summed E-state index contributed by atoms with van der Waals surface area (Å²) in [6.07, 6.45) is -0.677. The summed E-state index contributed by atoms with van der Waals surface area (Å²) in [5.41, 5.74) is 0. The number of aliphatic hydroxyl groups excluding tert-OH is 1.